The lowest BCUT2D eigenvalue weighted by molar-refractivity contribution is -0.151. The van der Waals surface area contributed by atoms with Crippen LogP contribution in [0, 0.1) is 5.92 Å². The van der Waals surface area contributed by atoms with E-state index in [1.54, 1.807) is 36.1 Å². The maximum absolute atomic E-state index is 13.6. The number of nitrogens with zero attached hydrogens (tertiary/aromatic N) is 2. The molecule has 9 nitrogen and oxygen atoms in total. The predicted molar refractivity (Wildman–Crippen MR) is 136 cm³/mol. The van der Waals surface area contributed by atoms with Crippen LogP contribution in [0.4, 0.5) is 0 Å². The number of benzene rings is 2. The average Bonchev–Trinajstić information content (AvgIpc) is 3.30. The second-order valence-electron chi connectivity index (χ2n) is 9.87. The highest BCUT2D eigenvalue weighted by molar-refractivity contribution is 5.94. The fraction of sp³-hybridized carbons (Fsp3) is 0.429. The van der Waals surface area contributed by atoms with Gasteiger partial charge in [-0.3, -0.25) is 19.7 Å². The highest BCUT2D eigenvalue weighted by Crippen LogP contribution is 2.37. The van der Waals surface area contributed by atoms with Crippen molar-refractivity contribution in [3.63, 3.8) is 0 Å². The van der Waals surface area contributed by atoms with E-state index in [2.05, 4.69) is 5.32 Å². The molecule has 196 valence electrons. The van der Waals surface area contributed by atoms with Crippen molar-refractivity contribution in [1.29, 1.82) is 0 Å². The number of aryl methyl sites for hydroxylation is 1. The smallest absolute Gasteiger partial charge is 0.326 e. The Morgan fingerprint density at radius 1 is 1.00 bits per heavy atom. The third-order valence-corrected chi connectivity index (χ3v) is 7.47. The number of hydrogen-bond acceptors (Lipinski definition) is 5. The largest absolute Gasteiger partial charge is 0.480 e. The van der Waals surface area contributed by atoms with Crippen molar-refractivity contribution in [3.8, 4) is 0 Å². The van der Waals surface area contributed by atoms with Crippen molar-refractivity contribution in [1.82, 2.24) is 15.1 Å². The maximum Gasteiger partial charge on any atom is 0.326 e. The fourth-order valence-electron chi connectivity index (χ4n) is 5.52. The highest BCUT2D eigenvalue weighted by Gasteiger charge is 2.50. The summed E-state index contributed by atoms with van der Waals surface area (Å²) in [6, 6.07) is 15.0. The van der Waals surface area contributed by atoms with Gasteiger partial charge in [-0.15, -0.1) is 0 Å². The Morgan fingerprint density at radius 3 is 2.27 bits per heavy atom. The molecule has 0 aliphatic carbocycles. The standard InChI is InChI=1S/C28H33N3O6/c1-18(29-22(27(34)35)13-12-19-8-4-2-5-9-19)25(32)31-23(28(36)37)16-21-14-15-30(17-24(21)31)26(33)20-10-6-3-7-11-20/h2-11,18,21-24,29H,12-17H2,1H3,(H,34,35)(H,36,37). The molecule has 2 aliphatic rings. The zero-order valence-corrected chi connectivity index (χ0v) is 20.8. The van der Waals surface area contributed by atoms with Gasteiger partial charge in [0.2, 0.25) is 5.91 Å². The number of amides is 2. The lowest BCUT2D eigenvalue weighted by atomic mass is 9.91. The van der Waals surface area contributed by atoms with Gasteiger partial charge in [0.05, 0.1) is 12.1 Å². The van der Waals surface area contributed by atoms with Crippen LogP contribution in [0.3, 0.4) is 0 Å². The Balaban J connectivity index is 1.47. The molecule has 0 saturated carbocycles. The normalized spacial score (nSPS) is 22.7. The number of fused-ring (bicyclic) bond motifs is 1. The Morgan fingerprint density at radius 2 is 1.65 bits per heavy atom. The molecule has 2 saturated heterocycles. The first kappa shape index (κ1) is 26.3. The lowest BCUT2D eigenvalue weighted by Gasteiger charge is -2.40. The molecule has 2 aromatic rings. The zero-order valence-electron chi connectivity index (χ0n) is 20.8. The van der Waals surface area contributed by atoms with E-state index in [0.29, 0.717) is 31.4 Å². The van der Waals surface area contributed by atoms with Crippen LogP contribution in [-0.4, -0.2) is 81.0 Å². The number of nitrogens with one attached hydrogen (secondary N) is 1. The minimum Gasteiger partial charge on any atom is -0.480 e. The summed E-state index contributed by atoms with van der Waals surface area (Å²) in [6.45, 7) is 2.32. The van der Waals surface area contributed by atoms with E-state index in [0.717, 1.165) is 5.56 Å². The third kappa shape index (κ3) is 5.99. The van der Waals surface area contributed by atoms with Crippen molar-refractivity contribution < 1.29 is 29.4 Å². The maximum atomic E-state index is 13.6. The van der Waals surface area contributed by atoms with Gasteiger partial charge in [-0.1, -0.05) is 48.5 Å². The van der Waals surface area contributed by atoms with E-state index in [1.807, 2.05) is 36.4 Å². The van der Waals surface area contributed by atoms with Crippen LogP contribution in [0.15, 0.2) is 60.7 Å². The molecule has 2 amide bonds. The summed E-state index contributed by atoms with van der Waals surface area (Å²) in [7, 11) is 0. The number of hydrogen-bond donors (Lipinski definition) is 3. The highest BCUT2D eigenvalue weighted by atomic mass is 16.4. The average molecular weight is 508 g/mol. The lowest BCUT2D eigenvalue weighted by Crippen LogP contribution is -2.58. The van der Waals surface area contributed by atoms with E-state index in [9.17, 15) is 29.4 Å². The van der Waals surface area contributed by atoms with Crippen molar-refractivity contribution in [2.75, 3.05) is 13.1 Å². The second-order valence-corrected chi connectivity index (χ2v) is 9.87. The molecule has 9 heteroatoms. The number of likely N-dealkylation sites (tertiary alicyclic amines) is 2. The molecule has 4 rings (SSSR count). The van der Waals surface area contributed by atoms with Gasteiger partial charge in [0.1, 0.15) is 12.1 Å². The molecule has 0 bridgehead atoms. The summed E-state index contributed by atoms with van der Waals surface area (Å²) in [5, 5.41) is 22.6. The Bertz CT molecular complexity index is 1130. The Hall–Kier alpha value is -3.72. The van der Waals surface area contributed by atoms with Gasteiger partial charge in [0.15, 0.2) is 0 Å². The van der Waals surface area contributed by atoms with Crippen molar-refractivity contribution in [2.24, 2.45) is 5.92 Å². The Labute approximate surface area is 216 Å². The first-order chi connectivity index (χ1) is 17.8. The molecule has 0 radical (unpaired) electrons. The number of carboxylic acid groups (broad SMARTS) is 2. The zero-order chi connectivity index (χ0) is 26.5. The van der Waals surface area contributed by atoms with Crippen molar-refractivity contribution in [2.45, 2.75) is 56.8 Å². The molecule has 2 heterocycles. The predicted octanol–water partition coefficient (Wildman–Crippen LogP) is 2.27. The quantitative estimate of drug-likeness (QED) is 0.475. The molecule has 2 aromatic carbocycles. The summed E-state index contributed by atoms with van der Waals surface area (Å²) < 4.78 is 0. The van der Waals surface area contributed by atoms with Crippen LogP contribution in [-0.2, 0) is 20.8 Å². The van der Waals surface area contributed by atoms with Gasteiger partial charge in [0, 0.05) is 18.7 Å². The molecule has 3 N–H and O–H groups in total. The number of carbonyl (C=O) groups excluding carboxylic acids is 2. The molecule has 0 aromatic heterocycles. The van der Waals surface area contributed by atoms with Gasteiger partial charge in [0.25, 0.3) is 5.91 Å². The summed E-state index contributed by atoms with van der Waals surface area (Å²) in [5.41, 5.74) is 1.54. The number of carbonyl (C=O) groups is 4. The summed E-state index contributed by atoms with van der Waals surface area (Å²) in [5.74, 6) is -2.80. The second kappa shape index (κ2) is 11.6. The fourth-order valence-corrected chi connectivity index (χ4v) is 5.52. The van der Waals surface area contributed by atoms with Crippen LogP contribution in [0.25, 0.3) is 0 Å². The first-order valence-corrected chi connectivity index (χ1v) is 12.7. The minimum atomic E-state index is -1.09. The molecule has 2 fully saturated rings. The van der Waals surface area contributed by atoms with Crippen LogP contribution in [0.1, 0.15) is 42.1 Å². The third-order valence-electron chi connectivity index (χ3n) is 7.47. The molecular formula is C28H33N3O6. The monoisotopic (exact) mass is 507 g/mol. The number of aliphatic carboxylic acids is 2. The summed E-state index contributed by atoms with van der Waals surface area (Å²) >= 11 is 0. The molecule has 2 aliphatic heterocycles. The minimum absolute atomic E-state index is 0.0366. The van der Waals surface area contributed by atoms with Gasteiger partial charge in [-0.25, -0.2) is 4.79 Å². The van der Waals surface area contributed by atoms with Crippen LogP contribution >= 0.6 is 0 Å². The van der Waals surface area contributed by atoms with E-state index in [1.165, 1.54) is 4.90 Å². The first-order valence-electron chi connectivity index (χ1n) is 12.7. The van der Waals surface area contributed by atoms with Crippen molar-refractivity contribution >= 4 is 23.8 Å². The van der Waals surface area contributed by atoms with Crippen molar-refractivity contribution in [3.05, 3.63) is 71.8 Å². The van der Waals surface area contributed by atoms with E-state index in [-0.39, 0.29) is 24.8 Å². The van der Waals surface area contributed by atoms with Gasteiger partial charge >= 0.3 is 11.9 Å². The van der Waals surface area contributed by atoms with Crippen LogP contribution < -0.4 is 5.32 Å². The SMILES string of the molecule is CC(NC(CCc1ccccc1)C(=O)O)C(=O)N1C(C(=O)O)CC2CCN(C(=O)c3ccccc3)CC21. The van der Waals surface area contributed by atoms with E-state index >= 15 is 0 Å². The van der Waals surface area contributed by atoms with E-state index < -0.39 is 42.0 Å². The van der Waals surface area contributed by atoms with Gasteiger partial charge in [-0.05, 0) is 56.2 Å². The van der Waals surface area contributed by atoms with Crippen LogP contribution in [0.2, 0.25) is 0 Å². The van der Waals surface area contributed by atoms with Gasteiger partial charge in [-0.2, -0.15) is 0 Å². The molecule has 0 spiro atoms. The topological polar surface area (TPSA) is 127 Å². The summed E-state index contributed by atoms with van der Waals surface area (Å²) in [6.07, 6.45) is 1.73. The van der Waals surface area contributed by atoms with E-state index in [4.69, 9.17) is 0 Å². The number of rotatable bonds is 9. The Kier molecular flexibility index (Phi) is 8.23. The molecule has 5 unspecified atom stereocenters. The molecule has 37 heavy (non-hydrogen) atoms. The van der Waals surface area contributed by atoms with Crippen LogP contribution in [0.5, 0.6) is 0 Å². The van der Waals surface area contributed by atoms with Gasteiger partial charge < -0.3 is 20.0 Å². The summed E-state index contributed by atoms with van der Waals surface area (Å²) in [4.78, 5) is 53.8. The molecular weight excluding hydrogens is 474 g/mol. The number of carboxylic acids is 2. The number of piperidine rings is 1. The molecule has 5 atom stereocenters.